The summed E-state index contributed by atoms with van der Waals surface area (Å²) < 4.78 is 5.15. The first-order valence-electron chi connectivity index (χ1n) is 5.21. The smallest absolute Gasteiger partial charge is 0.343 e. The minimum atomic E-state index is -0.635. The van der Waals surface area contributed by atoms with Crippen LogP contribution in [0.3, 0.4) is 0 Å². The molecule has 0 saturated heterocycles. The Labute approximate surface area is 140 Å². The van der Waals surface area contributed by atoms with Crippen molar-refractivity contribution in [2.45, 2.75) is 0 Å². The summed E-state index contributed by atoms with van der Waals surface area (Å²) in [6, 6.07) is 7.52. The van der Waals surface area contributed by atoms with E-state index in [0.29, 0.717) is 10.6 Å². The quantitative estimate of drug-likeness (QED) is 0.273. The van der Waals surface area contributed by atoms with Crippen molar-refractivity contribution in [3.63, 3.8) is 0 Å². The molecule has 7 heteroatoms. The summed E-state index contributed by atoms with van der Waals surface area (Å²) in [6.45, 7) is 0. The third-order valence-electron chi connectivity index (χ3n) is 2.35. The lowest BCUT2D eigenvalue weighted by atomic mass is 10.2. The second kappa shape index (κ2) is 6.42. The van der Waals surface area contributed by atoms with Gasteiger partial charge in [-0.25, -0.2) is 4.79 Å². The van der Waals surface area contributed by atoms with Crippen LogP contribution in [0.2, 0.25) is 25.1 Å². The zero-order valence-corrected chi connectivity index (χ0v) is 13.4. The normalized spacial score (nSPS) is 10.4. The third-order valence-corrected chi connectivity index (χ3v) is 4.12. The first kappa shape index (κ1) is 15.7. The summed E-state index contributed by atoms with van der Waals surface area (Å²) in [6.07, 6.45) is 0. The molecule has 0 heterocycles. The van der Waals surface area contributed by atoms with Crippen molar-refractivity contribution in [2.24, 2.45) is 0 Å². The van der Waals surface area contributed by atoms with Crippen molar-refractivity contribution >= 4 is 64.0 Å². The molecule has 20 heavy (non-hydrogen) atoms. The SMILES string of the molecule is O=C(Oc1c(Cl)cc(Cl)c(Cl)c1Cl)c1ccc(Cl)cc1. The first-order chi connectivity index (χ1) is 9.40. The maximum absolute atomic E-state index is 12.0. The molecule has 0 aliphatic carbocycles. The molecule has 0 aliphatic heterocycles. The summed E-state index contributed by atoms with van der Waals surface area (Å²) in [5.41, 5.74) is 0.299. The molecule has 0 bridgehead atoms. The predicted molar refractivity (Wildman–Crippen MR) is 82.9 cm³/mol. The third kappa shape index (κ3) is 3.33. The summed E-state index contributed by atoms with van der Waals surface area (Å²) in [4.78, 5) is 12.0. The van der Waals surface area contributed by atoms with Gasteiger partial charge < -0.3 is 4.74 Å². The van der Waals surface area contributed by atoms with Gasteiger partial charge in [0.05, 0.1) is 20.6 Å². The van der Waals surface area contributed by atoms with Crippen molar-refractivity contribution in [1.29, 1.82) is 0 Å². The van der Waals surface area contributed by atoms with Gasteiger partial charge in [-0.1, -0.05) is 58.0 Å². The predicted octanol–water partition coefficient (Wildman–Crippen LogP) is 6.17. The zero-order valence-electron chi connectivity index (χ0n) is 9.59. The van der Waals surface area contributed by atoms with E-state index in [9.17, 15) is 4.79 Å². The van der Waals surface area contributed by atoms with Crippen molar-refractivity contribution in [1.82, 2.24) is 0 Å². The number of ether oxygens (including phenoxy) is 1. The second-order valence-electron chi connectivity index (χ2n) is 3.69. The fourth-order valence-electron chi connectivity index (χ4n) is 1.38. The fraction of sp³-hybridized carbons (Fsp3) is 0. The largest absolute Gasteiger partial charge is 0.420 e. The lowest BCUT2D eigenvalue weighted by Gasteiger charge is -2.10. The maximum Gasteiger partial charge on any atom is 0.343 e. The van der Waals surface area contributed by atoms with Gasteiger partial charge in [0.1, 0.15) is 5.02 Å². The molecule has 0 N–H and O–H groups in total. The van der Waals surface area contributed by atoms with Crippen molar-refractivity contribution in [3.8, 4) is 5.75 Å². The second-order valence-corrected chi connectivity index (χ2v) is 5.70. The number of benzene rings is 2. The van der Waals surface area contributed by atoms with Crippen LogP contribution >= 0.6 is 58.0 Å². The van der Waals surface area contributed by atoms with Crippen LogP contribution in [0.25, 0.3) is 0 Å². The molecule has 0 unspecified atom stereocenters. The topological polar surface area (TPSA) is 26.3 Å². The lowest BCUT2D eigenvalue weighted by molar-refractivity contribution is 0.0735. The fourth-order valence-corrected chi connectivity index (χ4v) is 2.49. The Hall–Kier alpha value is -0.640. The highest BCUT2D eigenvalue weighted by Crippen LogP contribution is 2.42. The van der Waals surface area contributed by atoms with Crippen molar-refractivity contribution < 1.29 is 9.53 Å². The van der Waals surface area contributed by atoms with Crippen LogP contribution in [0.1, 0.15) is 10.4 Å². The van der Waals surface area contributed by atoms with Gasteiger partial charge in [0.2, 0.25) is 0 Å². The summed E-state index contributed by atoms with van der Waals surface area (Å²) >= 11 is 29.3. The number of esters is 1. The summed E-state index contributed by atoms with van der Waals surface area (Å²) in [5, 5.41) is 0.815. The van der Waals surface area contributed by atoms with Gasteiger partial charge in [-0.05, 0) is 30.3 Å². The van der Waals surface area contributed by atoms with Crippen LogP contribution in [0, 0.1) is 0 Å². The molecule has 0 saturated carbocycles. The zero-order chi connectivity index (χ0) is 14.9. The van der Waals surface area contributed by atoms with E-state index < -0.39 is 5.97 Å². The molecule has 0 radical (unpaired) electrons. The van der Waals surface area contributed by atoms with Gasteiger partial charge in [0, 0.05) is 5.02 Å². The van der Waals surface area contributed by atoms with Crippen LogP contribution < -0.4 is 4.74 Å². The number of carbonyl (C=O) groups excluding carboxylic acids is 1. The molecule has 0 aliphatic rings. The van der Waals surface area contributed by atoms with Crippen LogP contribution in [-0.4, -0.2) is 5.97 Å². The molecule has 0 fully saturated rings. The summed E-state index contributed by atoms with van der Waals surface area (Å²) in [5.74, 6) is -0.675. The molecule has 2 rings (SSSR count). The Balaban J connectivity index is 2.33. The number of hydrogen-bond acceptors (Lipinski definition) is 2. The number of rotatable bonds is 2. The monoisotopic (exact) mass is 368 g/mol. The number of halogens is 5. The Morgan fingerprint density at radius 1 is 0.850 bits per heavy atom. The van der Waals surface area contributed by atoms with E-state index >= 15 is 0 Å². The molecule has 2 aromatic rings. The molecule has 0 spiro atoms. The Bertz CT molecular complexity index is 667. The van der Waals surface area contributed by atoms with Gasteiger partial charge in [0.25, 0.3) is 0 Å². The van der Waals surface area contributed by atoms with Gasteiger partial charge in [0.15, 0.2) is 5.75 Å². The molecule has 2 nitrogen and oxygen atoms in total. The molecule has 0 amide bonds. The van der Waals surface area contributed by atoms with E-state index in [1.807, 2.05) is 0 Å². The van der Waals surface area contributed by atoms with Gasteiger partial charge in [-0.2, -0.15) is 0 Å². The van der Waals surface area contributed by atoms with E-state index in [4.69, 9.17) is 62.7 Å². The Morgan fingerprint density at radius 3 is 2.05 bits per heavy atom. The lowest BCUT2D eigenvalue weighted by Crippen LogP contribution is -2.09. The standard InChI is InChI=1S/C13H5Cl5O2/c14-7-3-1-6(2-4-7)13(19)20-12-9(16)5-8(15)10(17)11(12)18/h1-5H. The van der Waals surface area contributed by atoms with Gasteiger partial charge >= 0.3 is 5.97 Å². The molecule has 0 atom stereocenters. The van der Waals surface area contributed by atoms with E-state index in [1.165, 1.54) is 18.2 Å². The highest BCUT2D eigenvalue weighted by atomic mass is 35.5. The minimum Gasteiger partial charge on any atom is -0.420 e. The summed E-state index contributed by atoms with van der Waals surface area (Å²) in [7, 11) is 0. The van der Waals surface area contributed by atoms with E-state index in [1.54, 1.807) is 12.1 Å². The number of carbonyl (C=O) groups is 1. The average Bonchev–Trinajstić information content (AvgIpc) is 2.42. The highest BCUT2D eigenvalue weighted by Gasteiger charge is 2.18. The molecular weight excluding hydrogens is 365 g/mol. The van der Waals surface area contributed by atoms with Gasteiger partial charge in [-0.15, -0.1) is 0 Å². The average molecular weight is 370 g/mol. The molecule has 104 valence electrons. The van der Waals surface area contributed by atoms with E-state index in [0.717, 1.165) is 0 Å². The molecule has 2 aromatic carbocycles. The van der Waals surface area contributed by atoms with Crippen LogP contribution in [0.5, 0.6) is 5.75 Å². The van der Waals surface area contributed by atoms with Crippen molar-refractivity contribution in [2.75, 3.05) is 0 Å². The first-order valence-corrected chi connectivity index (χ1v) is 7.10. The molecular formula is C13H5Cl5O2. The van der Waals surface area contributed by atoms with E-state index in [-0.39, 0.29) is 25.8 Å². The minimum absolute atomic E-state index is 0.0218. The van der Waals surface area contributed by atoms with E-state index in [2.05, 4.69) is 0 Å². The van der Waals surface area contributed by atoms with Crippen LogP contribution in [0.4, 0.5) is 0 Å². The number of hydrogen-bond donors (Lipinski definition) is 0. The highest BCUT2D eigenvalue weighted by molar-refractivity contribution is 6.50. The molecule has 0 aromatic heterocycles. The van der Waals surface area contributed by atoms with Crippen molar-refractivity contribution in [3.05, 3.63) is 61.0 Å². The van der Waals surface area contributed by atoms with Crippen LogP contribution in [-0.2, 0) is 0 Å². The van der Waals surface area contributed by atoms with Crippen LogP contribution in [0.15, 0.2) is 30.3 Å². The maximum atomic E-state index is 12.0. The Morgan fingerprint density at radius 2 is 1.45 bits per heavy atom. The Kier molecular flexibility index (Phi) is 5.05. The van der Waals surface area contributed by atoms with Gasteiger partial charge in [-0.3, -0.25) is 0 Å².